The summed E-state index contributed by atoms with van der Waals surface area (Å²) in [6, 6.07) is 2.89. The van der Waals surface area contributed by atoms with Crippen LogP contribution in [0.2, 0.25) is 0 Å². The van der Waals surface area contributed by atoms with Crippen molar-refractivity contribution >= 4 is 34.0 Å². The summed E-state index contributed by atoms with van der Waals surface area (Å²) in [6.07, 6.45) is 1.71. The van der Waals surface area contributed by atoms with Crippen molar-refractivity contribution in [3.63, 3.8) is 0 Å². The van der Waals surface area contributed by atoms with Gasteiger partial charge in [-0.3, -0.25) is 4.79 Å². The van der Waals surface area contributed by atoms with Crippen LogP contribution in [0.15, 0.2) is 17.0 Å². The molecule has 0 radical (unpaired) electrons. The Kier molecular flexibility index (Phi) is 6.15. The number of rotatable bonds is 4. The van der Waals surface area contributed by atoms with Crippen LogP contribution in [0.1, 0.15) is 12.8 Å². The summed E-state index contributed by atoms with van der Waals surface area (Å²) in [6.45, 7) is 1.17. The van der Waals surface area contributed by atoms with Crippen molar-refractivity contribution < 1.29 is 22.7 Å². The number of hydrogen-bond donors (Lipinski definition) is 2. The molecule has 2 heterocycles. The number of nitrogens with one attached hydrogen (secondary N) is 1. The Morgan fingerprint density at radius 2 is 2.20 bits per heavy atom. The number of halogens is 1. The highest BCUT2D eigenvalue weighted by Gasteiger charge is 2.33. The first-order valence-electron chi connectivity index (χ1n) is 7.80. The van der Waals surface area contributed by atoms with E-state index in [2.05, 4.69) is 5.32 Å². The number of carbonyl (C=O) groups is 1. The zero-order valence-corrected chi connectivity index (χ0v) is 15.5. The Morgan fingerprint density at radius 3 is 2.88 bits per heavy atom. The molecule has 2 aliphatic heterocycles. The van der Waals surface area contributed by atoms with E-state index in [1.165, 1.54) is 23.5 Å². The Balaban J connectivity index is 0.00000225. The van der Waals surface area contributed by atoms with Gasteiger partial charge in [0.25, 0.3) is 5.91 Å². The Bertz CT molecular complexity index is 756. The molecule has 3 rings (SSSR count). The fraction of sp³-hybridized carbons (Fsp3) is 0.533. The summed E-state index contributed by atoms with van der Waals surface area (Å²) in [5, 5.41) is 2.64. The standard InChI is InChI=1S/C15H21N3O5S.ClH/c1-22-13-5-11-12(23-9-15(19)17-11)6-14(13)24(20,21)18-4-2-3-10(7-16)8-18;/h5-6,10H,2-4,7-9,16H2,1H3,(H,17,19);1H. The van der Waals surface area contributed by atoms with E-state index in [1.807, 2.05) is 0 Å². The molecule has 0 bridgehead atoms. The zero-order chi connectivity index (χ0) is 17.3. The Labute approximate surface area is 153 Å². The molecular formula is C15H22ClN3O5S. The minimum Gasteiger partial charge on any atom is -0.495 e. The second-order valence-electron chi connectivity index (χ2n) is 5.94. The van der Waals surface area contributed by atoms with Crippen molar-refractivity contribution in [1.82, 2.24) is 4.31 Å². The average molecular weight is 392 g/mol. The lowest BCUT2D eigenvalue weighted by Gasteiger charge is -2.32. The van der Waals surface area contributed by atoms with E-state index in [0.29, 0.717) is 31.1 Å². The molecule has 1 unspecified atom stereocenters. The third-order valence-corrected chi connectivity index (χ3v) is 6.22. The third kappa shape index (κ3) is 3.84. The quantitative estimate of drug-likeness (QED) is 0.785. The maximum atomic E-state index is 13.0. The monoisotopic (exact) mass is 391 g/mol. The van der Waals surface area contributed by atoms with Gasteiger partial charge in [0.15, 0.2) is 6.61 Å². The van der Waals surface area contributed by atoms with Crippen LogP contribution >= 0.6 is 12.4 Å². The van der Waals surface area contributed by atoms with Crippen LogP contribution in [0.5, 0.6) is 11.5 Å². The molecule has 10 heteroatoms. The van der Waals surface area contributed by atoms with Crippen LogP contribution in [-0.4, -0.2) is 52.0 Å². The molecule has 1 saturated heterocycles. The van der Waals surface area contributed by atoms with Gasteiger partial charge in [-0.2, -0.15) is 4.31 Å². The maximum Gasteiger partial charge on any atom is 0.262 e. The molecular weight excluding hydrogens is 370 g/mol. The molecule has 8 nitrogen and oxygen atoms in total. The molecule has 0 aliphatic carbocycles. The van der Waals surface area contributed by atoms with Crippen molar-refractivity contribution in [3.8, 4) is 11.5 Å². The van der Waals surface area contributed by atoms with Crippen LogP contribution in [0.25, 0.3) is 0 Å². The molecule has 0 spiro atoms. The van der Waals surface area contributed by atoms with E-state index in [1.54, 1.807) is 0 Å². The molecule has 140 valence electrons. The van der Waals surface area contributed by atoms with Crippen LogP contribution in [0, 0.1) is 5.92 Å². The zero-order valence-electron chi connectivity index (χ0n) is 13.9. The van der Waals surface area contributed by atoms with Crippen LogP contribution < -0.4 is 20.5 Å². The van der Waals surface area contributed by atoms with Crippen LogP contribution in [0.3, 0.4) is 0 Å². The summed E-state index contributed by atoms with van der Waals surface area (Å²) in [4.78, 5) is 11.4. The normalized spacial score (nSPS) is 20.7. The number of fused-ring (bicyclic) bond motifs is 1. The van der Waals surface area contributed by atoms with E-state index >= 15 is 0 Å². The van der Waals surface area contributed by atoms with Gasteiger partial charge in [-0.1, -0.05) is 0 Å². The SMILES string of the molecule is COc1cc2c(cc1S(=O)(=O)N1CCCC(CN)C1)OCC(=O)N2.Cl. The van der Waals surface area contributed by atoms with Crippen LogP contribution in [0.4, 0.5) is 5.69 Å². The summed E-state index contributed by atoms with van der Waals surface area (Å²) in [5.41, 5.74) is 6.10. The number of benzene rings is 1. The van der Waals surface area contributed by atoms with Crippen molar-refractivity contribution in [1.29, 1.82) is 0 Å². The molecule has 1 fully saturated rings. The molecule has 0 saturated carbocycles. The second kappa shape index (κ2) is 7.77. The first-order valence-corrected chi connectivity index (χ1v) is 9.24. The van der Waals surface area contributed by atoms with Crippen LogP contribution in [-0.2, 0) is 14.8 Å². The number of amides is 1. The van der Waals surface area contributed by atoms with Gasteiger partial charge in [-0.05, 0) is 25.3 Å². The number of sulfonamides is 1. The number of methoxy groups -OCH3 is 1. The lowest BCUT2D eigenvalue weighted by atomic mass is 10.0. The molecule has 1 aromatic carbocycles. The fourth-order valence-corrected chi connectivity index (χ4v) is 4.73. The maximum absolute atomic E-state index is 13.0. The van der Waals surface area contributed by atoms with E-state index < -0.39 is 10.0 Å². The summed E-state index contributed by atoms with van der Waals surface area (Å²) in [7, 11) is -2.34. The third-order valence-electron chi connectivity index (χ3n) is 4.33. The number of nitrogens with two attached hydrogens (primary N) is 1. The van der Waals surface area contributed by atoms with Crippen molar-refractivity contribution in [2.75, 3.05) is 38.7 Å². The van der Waals surface area contributed by atoms with Crippen molar-refractivity contribution in [2.24, 2.45) is 11.7 Å². The fourth-order valence-electron chi connectivity index (χ4n) is 3.03. The summed E-state index contributed by atoms with van der Waals surface area (Å²) >= 11 is 0. The van der Waals surface area contributed by atoms with E-state index in [-0.39, 0.29) is 41.5 Å². The average Bonchev–Trinajstić information content (AvgIpc) is 2.60. The summed E-state index contributed by atoms with van der Waals surface area (Å²) < 4.78 is 38.1. The Hall–Kier alpha value is -1.55. The van der Waals surface area contributed by atoms with Crippen molar-refractivity contribution in [2.45, 2.75) is 17.7 Å². The van der Waals surface area contributed by atoms with Gasteiger partial charge in [-0.15, -0.1) is 12.4 Å². The highest BCUT2D eigenvalue weighted by molar-refractivity contribution is 7.89. The van der Waals surface area contributed by atoms with Gasteiger partial charge in [0, 0.05) is 25.2 Å². The molecule has 25 heavy (non-hydrogen) atoms. The molecule has 1 amide bonds. The highest BCUT2D eigenvalue weighted by Crippen LogP contribution is 2.39. The largest absolute Gasteiger partial charge is 0.495 e. The topological polar surface area (TPSA) is 111 Å². The van der Waals surface area contributed by atoms with Crippen molar-refractivity contribution in [3.05, 3.63) is 12.1 Å². The minimum absolute atomic E-state index is 0. The van der Waals surface area contributed by atoms with E-state index in [9.17, 15) is 13.2 Å². The molecule has 1 atom stereocenters. The number of hydrogen-bond acceptors (Lipinski definition) is 6. The second-order valence-corrected chi connectivity index (χ2v) is 7.85. The number of piperidine rings is 1. The molecule has 1 aromatic rings. The highest BCUT2D eigenvalue weighted by atomic mass is 35.5. The first-order chi connectivity index (χ1) is 11.5. The molecule has 0 aromatic heterocycles. The van der Waals surface area contributed by atoms with Gasteiger partial charge >= 0.3 is 0 Å². The number of ether oxygens (including phenoxy) is 2. The smallest absolute Gasteiger partial charge is 0.262 e. The Morgan fingerprint density at radius 1 is 1.44 bits per heavy atom. The predicted molar refractivity (Wildman–Crippen MR) is 94.9 cm³/mol. The number of nitrogens with zero attached hydrogens (tertiary/aromatic N) is 1. The van der Waals surface area contributed by atoms with Gasteiger partial charge in [0.1, 0.15) is 16.4 Å². The van der Waals surface area contributed by atoms with Gasteiger partial charge in [-0.25, -0.2) is 8.42 Å². The van der Waals surface area contributed by atoms with E-state index in [4.69, 9.17) is 15.2 Å². The summed E-state index contributed by atoms with van der Waals surface area (Å²) in [5.74, 6) is 0.366. The van der Waals surface area contributed by atoms with E-state index in [0.717, 1.165) is 12.8 Å². The van der Waals surface area contributed by atoms with Gasteiger partial charge in [0.05, 0.1) is 12.8 Å². The molecule has 3 N–H and O–H groups in total. The number of carbonyl (C=O) groups excluding carboxylic acids is 1. The molecule has 2 aliphatic rings. The first kappa shape index (κ1) is 19.8. The van der Waals surface area contributed by atoms with Gasteiger partial charge in [0.2, 0.25) is 10.0 Å². The lowest BCUT2D eigenvalue weighted by Crippen LogP contribution is -2.42. The predicted octanol–water partition coefficient (Wildman–Crippen LogP) is 0.807. The lowest BCUT2D eigenvalue weighted by molar-refractivity contribution is -0.118. The van der Waals surface area contributed by atoms with Gasteiger partial charge < -0.3 is 20.5 Å². The minimum atomic E-state index is -3.73. The number of anilines is 1.